The lowest BCUT2D eigenvalue weighted by molar-refractivity contribution is -0.132. The Bertz CT molecular complexity index is 633. The molecular formula is C16H20N4O. The third kappa shape index (κ3) is 2.55. The summed E-state index contributed by atoms with van der Waals surface area (Å²) in [6.45, 7) is 0. The molecule has 0 bridgehead atoms. The molecule has 0 spiro atoms. The second-order valence-corrected chi connectivity index (χ2v) is 5.67. The number of benzene rings is 1. The van der Waals surface area contributed by atoms with Gasteiger partial charge >= 0.3 is 0 Å². The zero-order valence-corrected chi connectivity index (χ0v) is 12.5. The Labute approximate surface area is 124 Å². The molecular weight excluding hydrogens is 264 g/mol. The van der Waals surface area contributed by atoms with Crippen molar-refractivity contribution >= 4 is 5.91 Å². The van der Waals surface area contributed by atoms with E-state index in [-0.39, 0.29) is 11.9 Å². The number of nitrogens with zero attached hydrogens (tertiary/aromatic N) is 4. The van der Waals surface area contributed by atoms with Gasteiger partial charge in [-0.05, 0) is 12.8 Å². The molecule has 0 aliphatic carbocycles. The molecule has 0 saturated carbocycles. The highest BCUT2D eigenvalue weighted by atomic mass is 16.2. The predicted molar refractivity (Wildman–Crippen MR) is 80.7 cm³/mol. The number of carbonyl (C=O) groups excluding carboxylic acids is 1. The van der Waals surface area contributed by atoms with E-state index in [1.807, 2.05) is 34.9 Å². The van der Waals surface area contributed by atoms with Gasteiger partial charge in [-0.25, -0.2) is 0 Å². The first kappa shape index (κ1) is 13.8. The highest BCUT2D eigenvalue weighted by molar-refractivity contribution is 5.80. The lowest BCUT2D eigenvalue weighted by Gasteiger charge is -2.22. The molecule has 5 nitrogen and oxygen atoms in total. The van der Waals surface area contributed by atoms with Crippen LogP contribution in [-0.2, 0) is 11.2 Å². The van der Waals surface area contributed by atoms with Crippen LogP contribution in [0.25, 0.3) is 11.4 Å². The summed E-state index contributed by atoms with van der Waals surface area (Å²) in [4.78, 5) is 14.2. The molecule has 1 aromatic carbocycles. The number of hydrogen-bond donors (Lipinski definition) is 0. The van der Waals surface area contributed by atoms with Crippen LogP contribution in [0.3, 0.4) is 0 Å². The summed E-state index contributed by atoms with van der Waals surface area (Å²) in [6.07, 6.45) is 3.84. The largest absolute Gasteiger partial charge is 0.347 e. The first-order valence-corrected chi connectivity index (χ1v) is 7.39. The van der Waals surface area contributed by atoms with E-state index < -0.39 is 0 Å². The minimum Gasteiger partial charge on any atom is -0.347 e. The SMILES string of the molecule is CN(C)C(=O)C1CCCCc2nnc(-c3ccccc3)n21. The van der Waals surface area contributed by atoms with E-state index in [0.717, 1.165) is 42.9 Å². The second-order valence-electron chi connectivity index (χ2n) is 5.67. The maximum atomic E-state index is 12.5. The van der Waals surface area contributed by atoms with E-state index >= 15 is 0 Å². The summed E-state index contributed by atoms with van der Waals surface area (Å²) >= 11 is 0. The van der Waals surface area contributed by atoms with Gasteiger partial charge in [-0.15, -0.1) is 10.2 Å². The zero-order valence-electron chi connectivity index (χ0n) is 12.5. The number of amides is 1. The molecule has 1 unspecified atom stereocenters. The van der Waals surface area contributed by atoms with E-state index in [9.17, 15) is 4.79 Å². The van der Waals surface area contributed by atoms with Crippen molar-refractivity contribution in [1.29, 1.82) is 0 Å². The molecule has 1 aliphatic heterocycles. The van der Waals surface area contributed by atoms with Gasteiger partial charge in [-0.3, -0.25) is 9.36 Å². The Balaban J connectivity index is 2.10. The van der Waals surface area contributed by atoms with Crippen molar-refractivity contribution in [3.05, 3.63) is 36.2 Å². The molecule has 1 aliphatic rings. The Morgan fingerprint density at radius 2 is 1.95 bits per heavy atom. The maximum Gasteiger partial charge on any atom is 0.245 e. The fourth-order valence-electron chi connectivity index (χ4n) is 2.89. The highest BCUT2D eigenvalue weighted by Crippen LogP contribution is 2.30. The van der Waals surface area contributed by atoms with Gasteiger partial charge in [-0.2, -0.15) is 0 Å². The van der Waals surface area contributed by atoms with Gasteiger partial charge in [0.15, 0.2) is 5.82 Å². The zero-order chi connectivity index (χ0) is 14.8. The number of aromatic nitrogens is 3. The Morgan fingerprint density at radius 1 is 1.19 bits per heavy atom. The van der Waals surface area contributed by atoms with Crippen LogP contribution in [-0.4, -0.2) is 39.7 Å². The van der Waals surface area contributed by atoms with E-state index in [0.29, 0.717) is 0 Å². The highest BCUT2D eigenvalue weighted by Gasteiger charge is 2.29. The van der Waals surface area contributed by atoms with Crippen molar-refractivity contribution in [2.75, 3.05) is 14.1 Å². The molecule has 5 heteroatoms. The number of carbonyl (C=O) groups is 1. The molecule has 0 radical (unpaired) electrons. The van der Waals surface area contributed by atoms with E-state index in [1.54, 1.807) is 19.0 Å². The molecule has 1 amide bonds. The maximum absolute atomic E-state index is 12.5. The number of aryl methyl sites for hydroxylation is 1. The first-order valence-electron chi connectivity index (χ1n) is 7.39. The normalized spacial score (nSPS) is 17.9. The summed E-state index contributed by atoms with van der Waals surface area (Å²) in [5.74, 6) is 1.84. The van der Waals surface area contributed by atoms with Crippen LogP contribution in [0.2, 0.25) is 0 Å². The minimum atomic E-state index is -0.192. The van der Waals surface area contributed by atoms with Crippen molar-refractivity contribution in [3.8, 4) is 11.4 Å². The van der Waals surface area contributed by atoms with Crippen molar-refractivity contribution < 1.29 is 4.79 Å². The summed E-state index contributed by atoms with van der Waals surface area (Å²) in [6, 6.07) is 9.78. The predicted octanol–water partition coefficient (Wildman–Crippen LogP) is 2.30. The first-order chi connectivity index (χ1) is 10.2. The topological polar surface area (TPSA) is 51.0 Å². The van der Waals surface area contributed by atoms with Gasteiger partial charge in [-0.1, -0.05) is 36.8 Å². The molecule has 2 aromatic rings. The standard InChI is InChI=1S/C16H20N4O/c1-19(2)16(21)13-10-6-7-11-14-17-18-15(20(13)14)12-8-4-3-5-9-12/h3-5,8-9,13H,6-7,10-11H2,1-2H3. The van der Waals surface area contributed by atoms with Crippen molar-refractivity contribution in [3.63, 3.8) is 0 Å². The monoisotopic (exact) mass is 284 g/mol. The number of likely N-dealkylation sites (N-methyl/N-ethyl adjacent to an activating group) is 1. The van der Waals surface area contributed by atoms with Crippen LogP contribution < -0.4 is 0 Å². The third-order valence-corrected chi connectivity index (χ3v) is 3.96. The molecule has 1 atom stereocenters. The summed E-state index contributed by atoms with van der Waals surface area (Å²) in [7, 11) is 3.61. The lowest BCUT2D eigenvalue weighted by atomic mass is 10.1. The second kappa shape index (κ2) is 5.68. The Hall–Kier alpha value is -2.17. The van der Waals surface area contributed by atoms with Gasteiger partial charge in [0.05, 0.1) is 0 Å². The van der Waals surface area contributed by atoms with E-state index in [1.165, 1.54) is 0 Å². The summed E-state index contributed by atoms with van der Waals surface area (Å²) < 4.78 is 2.05. The number of fused-ring (bicyclic) bond motifs is 1. The smallest absolute Gasteiger partial charge is 0.245 e. The molecule has 0 saturated heterocycles. The molecule has 110 valence electrons. The molecule has 2 heterocycles. The lowest BCUT2D eigenvalue weighted by Crippen LogP contribution is -2.32. The number of hydrogen-bond acceptors (Lipinski definition) is 3. The summed E-state index contributed by atoms with van der Waals surface area (Å²) in [5.41, 5.74) is 1.01. The van der Waals surface area contributed by atoms with Crippen molar-refractivity contribution in [2.24, 2.45) is 0 Å². The van der Waals surface area contributed by atoms with Crippen LogP contribution in [0, 0.1) is 0 Å². The van der Waals surface area contributed by atoms with Crippen LogP contribution in [0.1, 0.15) is 31.1 Å². The molecule has 0 fully saturated rings. The molecule has 3 rings (SSSR count). The van der Waals surface area contributed by atoms with Gasteiger partial charge in [0.25, 0.3) is 0 Å². The van der Waals surface area contributed by atoms with Gasteiger partial charge in [0.2, 0.25) is 5.91 Å². The van der Waals surface area contributed by atoms with Gasteiger partial charge in [0, 0.05) is 26.1 Å². The van der Waals surface area contributed by atoms with E-state index in [4.69, 9.17) is 0 Å². The van der Waals surface area contributed by atoms with E-state index in [2.05, 4.69) is 10.2 Å². The molecule has 0 N–H and O–H groups in total. The Morgan fingerprint density at radius 3 is 2.67 bits per heavy atom. The van der Waals surface area contributed by atoms with Crippen LogP contribution in [0.15, 0.2) is 30.3 Å². The number of rotatable bonds is 2. The minimum absolute atomic E-state index is 0.120. The van der Waals surface area contributed by atoms with Crippen molar-refractivity contribution in [2.45, 2.75) is 31.7 Å². The quantitative estimate of drug-likeness (QED) is 0.850. The Kier molecular flexibility index (Phi) is 3.73. The van der Waals surface area contributed by atoms with Gasteiger partial charge in [0.1, 0.15) is 11.9 Å². The summed E-state index contributed by atoms with van der Waals surface area (Å²) in [5, 5.41) is 8.67. The average Bonchev–Trinajstić information content (AvgIpc) is 2.80. The van der Waals surface area contributed by atoms with Crippen molar-refractivity contribution in [1.82, 2.24) is 19.7 Å². The van der Waals surface area contributed by atoms with Crippen LogP contribution in [0.4, 0.5) is 0 Å². The molecule has 21 heavy (non-hydrogen) atoms. The fraction of sp³-hybridized carbons (Fsp3) is 0.438. The van der Waals surface area contributed by atoms with Crippen LogP contribution in [0.5, 0.6) is 0 Å². The van der Waals surface area contributed by atoms with Gasteiger partial charge < -0.3 is 4.90 Å². The van der Waals surface area contributed by atoms with Crippen LogP contribution >= 0.6 is 0 Å². The fourth-order valence-corrected chi connectivity index (χ4v) is 2.89. The third-order valence-electron chi connectivity index (χ3n) is 3.96. The molecule has 1 aromatic heterocycles. The average molecular weight is 284 g/mol.